The van der Waals surface area contributed by atoms with E-state index < -0.39 is 23.9 Å². The fraction of sp³-hybridized carbons (Fsp3) is 0.440. The summed E-state index contributed by atoms with van der Waals surface area (Å²) >= 11 is 0. The van der Waals surface area contributed by atoms with Gasteiger partial charge < -0.3 is 20.3 Å². The quantitative estimate of drug-likeness (QED) is 0.676. The van der Waals surface area contributed by atoms with Gasteiger partial charge in [-0.15, -0.1) is 0 Å². The fourth-order valence-electron chi connectivity index (χ4n) is 5.56. The van der Waals surface area contributed by atoms with E-state index in [1.165, 1.54) is 12.1 Å². The summed E-state index contributed by atoms with van der Waals surface area (Å²) in [6.45, 7) is 0.423. The SMILES string of the molecule is C.O=C1NCC2(CC3CC(O)[C@@H](O)CC3C2/C=C/c2ccc(-c3cccc(F)c3)cn2)O1. The van der Waals surface area contributed by atoms with E-state index in [9.17, 15) is 19.4 Å². The molecule has 3 fully saturated rings. The molecule has 2 aliphatic carbocycles. The van der Waals surface area contributed by atoms with Crippen molar-refractivity contribution in [3.8, 4) is 11.1 Å². The summed E-state index contributed by atoms with van der Waals surface area (Å²) in [4.78, 5) is 16.3. The Morgan fingerprint density at radius 2 is 1.97 bits per heavy atom. The first kappa shape index (κ1) is 22.4. The Hall–Kier alpha value is -2.77. The molecule has 7 heteroatoms. The number of aliphatic hydroxyl groups excluding tert-OH is 2. The molecule has 2 aromatic rings. The number of rotatable bonds is 3. The number of fused-ring (bicyclic) bond motifs is 1. The van der Waals surface area contributed by atoms with Crippen molar-refractivity contribution >= 4 is 12.2 Å². The highest BCUT2D eigenvalue weighted by atomic mass is 19.1. The number of carbonyl (C=O) groups is 1. The first-order valence-electron chi connectivity index (χ1n) is 10.7. The molecule has 1 aliphatic heterocycles. The van der Waals surface area contributed by atoms with Crippen LogP contribution in [0.25, 0.3) is 17.2 Å². The molecule has 1 aromatic carbocycles. The highest BCUT2D eigenvalue weighted by Crippen LogP contribution is 2.54. The Kier molecular flexibility index (Phi) is 6.05. The maximum absolute atomic E-state index is 13.5. The van der Waals surface area contributed by atoms with E-state index in [1.54, 1.807) is 12.3 Å². The maximum atomic E-state index is 13.5. The maximum Gasteiger partial charge on any atom is 0.407 e. The largest absolute Gasteiger partial charge is 0.440 e. The molecular weight excluding hydrogens is 411 g/mol. The van der Waals surface area contributed by atoms with Gasteiger partial charge in [-0.3, -0.25) is 4.98 Å². The molecule has 5 unspecified atom stereocenters. The first-order chi connectivity index (χ1) is 14.9. The zero-order chi connectivity index (χ0) is 21.6. The smallest absolute Gasteiger partial charge is 0.407 e. The second-order valence-corrected chi connectivity index (χ2v) is 8.91. The van der Waals surface area contributed by atoms with Crippen molar-refractivity contribution in [3.05, 3.63) is 60.2 Å². The Labute approximate surface area is 187 Å². The topological polar surface area (TPSA) is 91.7 Å². The number of hydrogen-bond donors (Lipinski definition) is 3. The Morgan fingerprint density at radius 1 is 1.16 bits per heavy atom. The average Bonchev–Trinajstić information content (AvgIpc) is 3.26. The number of benzene rings is 1. The number of halogens is 1. The lowest BCUT2D eigenvalue weighted by molar-refractivity contribution is -0.0455. The first-order valence-corrected chi connectivity index (χ1v) is 10.7. The van der Waals surface area contributed by atoms with Crippen molar-refractivity contribution in [2.45, 2.75) is 44.5 Å². The lowest BCUT2D eigenvalue weighted by Gasteiger charge is -2.35. The van der Waals surface area contributed by atoms with Crippen LogP contribution in [-0.2, 0) is 4.74 Å². The second kappa shape index (κ2) is 8.64. The molecule has 1 spiro atoms. The van der Waals surface area contributed by atoms with E-state index in [4.69, 9.17) is 4.74 Å². The van der Waals surface area contributed by atoms with Gasteiger partial charge in [-0.1, -0.05) is 31.7 Å². The molecule has 0 bridgehead atoms. The molecule has 3 aliphatic rings. The van der Waals surface area contributed by atoms with Crippen LogP contribution in [0.15, 0.2) is 48.7 Å². The van der Waals surface area contributed by atoms with Gasteiger partial charge >= 0.3 is 6.09 Å². The summed E-state index contributed by atoms with van der Waals surface area (Å²) in [6, 6.07) is 10.1. The summed E-state index contributed by atoms with van der Waals surface area (Å²) in [5.41, 5.74) is 1.67. The lowest BCUT2D eigenvalue weighted by atomic mass is 9.74. The van der Waals surface area contributed by atoms with Crippen LogP contribution in [0.5, 0.6) is 0 Å². The molecule has 1 saturated heterocycles. The van der Waals surface area contributed by atoms with Crippen molar-refractivity contribution in [1.29, 1.82) is 0 Å². The Balaban J connectivity index is 0.00000245. The monoisotopic (exact) mass is 440 g/mol. The standard InChI is InChI=1S/C24H25FN2O4.CH4/c25-17-3-1-2-14(8-17)15-4-5-18(26-12-15)6-7-20-19-10-22(29)21(28)9-16(19)11-24(20)13-27-23(30)31-24;/h1-8,12,16,19-22,28-29H,9-11,13H2,(H,27,30);1H4/b7-6+;/t16?,19?,20?,21?,22-,24?;/m0./s1. The van der Waals surface area contributed by atoms with Crippen LogP contribution in [0, 0.1) is 23.6 Å². The number of pyridine rings is 1. The van der Waals surface area contributed by atoms with Gasteiger partial charge in [0.15, 0.2) is 0 Å². The average molecular weight is 441 g/mol. The Bertz CT molecular complexity index is 1010. The van der Waals surface area contributed by atoms with Gasteiger partial charge in [0.1, 0.15) is 11.4 Å². The predicted molar refractivity (Wildman–Crippen MR) is 119 cm³/mol. The van der Waals surface area contributed by atoms with Crippen molar-refractivity contribution < 1.29 is 24.1 Å². The summed E-state index contributed by atoms with van der Waals surface area (Å²) in [5.74, 6) is -0.0664. The third kappa shape index (κ3) is 4.02. The van der Waals surface area contributed by atoms with E-state index in [0.717, 1.165) is 16.8 Å². The molecule has 32 heavy (non-hydrogen) atoms. The predicted octanol–water partition coefficient (Wildman–Crippen LogP) is 3.78. The summed E-state index contributed by atoms with van der Waals surface area (Å²) in [5, 5.41) is 23.1. The number of carbonyl (C=O) groups excluding carboxylic acids is 1. The fourth-order valence-corrected chi connectivity index (χ4v) is 5.56. The third-order valence-corrected chi connectivity index (χ3v) is 7.03. The minimum Gasteiger partial charge on any atom is -0.440 e. The second-order valence-electron chi connectivity index (χ2n) is 8.91. The molecule has 170 valence electrons. The highest BCUT2D eigenvalue weighted by molar-refractivity contribution is 5.70. The molecule has 6 atom stereocenters. The van der Waals surface area contributed by atoms with Crippen molar-refractivity contribution in [3.63, 3.8) is 0 Å². The zero-order valence-corrected chi connectivity index (χ0v) is 16.9. The zero-order valence-electron chi connectivity index (χ0n) is 16.9. The summed E-state index contributed by atoms with van der Waals surface area (Å²) < 4.78 is 19.2. The molecule has 6 nitrogen and oxygen atoms in total. The minimum absolute atomic E-state index is 0. The summed E-state index contributed by atoms with van der Waals surface area (Å²) in [7, 11) is 0. The number of nitrogens with one attached hydrogen (secondary N) is 1. The van der Waals surface area contributed by atoms with Crippen molar-refractivity contribution in [2.75, 3.05) is 6.54 Å². The van der Waals surface area contributed by atoms with Crippen molar-refractivity contribution in [2.24, 2.45) is 17.8 Å². The molecule has 2 heterocycles. The van der Waals surface area contributed by atoms with E-state index in [1.807, 2.05) is 30.4 Å². The molecule has 0 radical (unpaired) electrons. The van der Waals surface area contributed by atoms with E-state index in [0.29, 0.717) is 25.8 Å². The van der Waals surface area contributed by atoms with Gasteiger partial charge in [0, 0.05) is 17.7 Å². The van der Waals surface area contributed by atoms with Crippen LogP contribution in [0.1, 0.15) is 32.4 Å². The van der Waals surface area contributed by atoms with Crippen molar-refractivity contribution in [1.82, 2.24) is 10.3 Å². The normalized spacial score (nSPS) is 33.6. The van der Waals surface area contributed by atoms with Crippen LogP contribution < -0.4 is 5.32 Å². The molecule has 5 rings (SSSR count). The number of amides is 1. The Morgan fingerprint density at radius 3 is 2.66 bits per heavy atom. The van der Waals surface area contributed by atoms with E-state index in [2.05, 4.69) is 10.3 Å². The number of alkyl carbamates (subject to hydrolysis) is 1. The molecule has 2 saturated carbocycles. The molecule has 3 N–H and O–H groups in total. The number of ether oxygens (including phenoxy) is 1. The van der Waals surface area contributed by atoms with Gasteiger partial charge in [-0.05, 0) is 60.9 Å². The van der Waals surface area contributed by atoms with Crippen LogP contribution in [0.2, 0.25) is 0 Å². The summed E-state index contributed by atoms with van der Waals surface area (Å²) in [6.07, 6.45) is 5.38. The van der Waals surface area contributed by atoms with Crippen LogP contribution in [0.3, 0.4) is 0 Å². The number of nitrogens with zero attached hydrogens (tertiary/aromatic N) is 1. The van der Waals surface area contributed by atoms with Crippen LogP contribution in [-0.4, -0.2) is 45.6 Å². The van der Waals surface area contributed by atoms with E-state index >= 15 is 0 Å². The van der Waals surface area contributed by atoms with Gasteiger partial charge in [0.2, 0.25) is 0 Å². The lowest BCUT2D eigenvalue weighted by Crippen LogP contribution is -2.40. The highest BCUT2D eigenvalue weighted by Gasteiger charge is 2.59. The molecule has 1 aromatic heterocycles. The number of hydrogen-bond acceptors (Lipinski definition) is 5. The van der Waals surface area contributed by atoms with Crippen LogP contribution >= 0.6 is 0 Å². The third-order valence-electron chi connectivity index (χ3n) is 7.03. The number of aliphatic hydroxyl groups is 2. The number of aromatic nitrogens is 1. The van der Waals surface area contributed by atoms with Gasteiger partial charge in [0.05, 0.1) is 24.4 Å². The van der Waals surface area contributed by atoms with Crippen LogP contribution in [0.4, 0.5) is 9.18 Å². The minimum atomic E-state index is -0.763. The van der Waals surface area contributed by atoms with Gasteiger partial charge in [0.25, 0.3) is 0 Å². The molecule has 1 amide bonds. The molecular formula is C25H29FN2O4. The van der Waals surface area contributed by atoms with E-state index in [-0.39, 0.29) is 31.0 Å². The van der Waals surface area contributed by atoms with Gasteiger partial charge in [-0.25, -0.2) is 9.18 Å². The van der Waals surface area contributed by atoms with Gasteiger partial charge in [-0.2, -0.15) is 0 Å².